The zero-order valence-electron chi connectivity index (χ0n) is 18.0. The van der Waals surface area contributed by atoms with E-state index >= 15 is 0 Å². The minimum atomic E-state index is -0.454. The first-order chi connectivity index (χ1) is 14.9. The summed E-state index contributed by atoms with van der Waals surface area (Å²) in [7, 11) is 0. The van der Waals surface area contributed by atoms with Crippen LogP contribution in [0.3, 0.4) is 0 Å². The summed E-state index contributed by atoms with van der Waals surface area (Å²) in [6, 6.07) is 3.71. The van der Waals surface area contributed by atoms with E-state index < -0.39 is 11.2 Å². The molecule has 0 aliphatic rings. The van der Waals surface area contributed by atoms with Gasteiger partial charge in [0.05, 0.1) is 23.1 Å². The summed E-state index contributed by atoms with van der Waals surface area (Å²) in [5, 5.41) is 8.76. The van der Waals surface area contributed by atoms with E-state index in [0.29, 0.717) is 40.0 Å². The van der Waals surface area contributed by atoms with Gasteiger partial charge in [0.25, 0.3) is 0 Å². The number of carbonyl (C=O) groups excluding carboxylic acids is 2. The second-order valence-electron chi connectivity index (χ2n) is 6.91. The molecule has 0 amide bonds. The van der Waals surface area contributed by atoms with Crippen molar-refractivity contribution in [2.75, 3.05) is 6.61 Å². The number of rotatable bonds is 9. The quantitative estimate of drug-likeness (QED) is 0.232. The van der Waals surface area contributed by atoms with E-state index in [1.165, 1.54) is 11.8 Å². The van der Waals surface area contributed by atoms with Gasteiger partial charge in [-0.15, -0.1) is 16.8 Å². The number of aryl methyl sites for hydroxylation is 1. The number of hydrogen-bond acceptors (Lipinski definition) is 7. The number of allylic oxidation sites excluding steroid dienone is 1. The zero-order chi connectivity index (χ0) is 22.5. The molecule has 31 heavy (non-hydrogen) atoms. The van der Waals surface area contributed by atoms with Crippen molar-refractivity contribution in [3.05, 3.63) is 59.7 Å². The van der Waals surface area contributed by atoms with Crippen LogP contribution in [-0.4, -0.2) is 48.3 Å². The van der Waals surface area contributed by atoms with Crippen LogP contribution in [0.25, 0.3) is 11.4 Å². The Balaban J connectivity index is 1.87. The molecule has 8 nitrogen and oxygen atoms in total. The molecule has 0 saturated carbocycles. The van der Waals surface area contributed by atoms with E-state index in [0.717, 1.165) is 5.56 Å². The second-order valence-corrected chi connectivity index (χ2v) is 8.22. The summed E-state index contributed by atoms with van der Waals surface area (Å²) in [6.07, 6.45) is 5.14. The Morgan fingerprint density at radius 2 is 2.00 bits per heavy atom. The van der Waals surface area contributed by atoms with Crippen LogP contribution in [0.5, 0.6) is 0 Å². The van der Waals surface area contributed by atoms with Crippen LogP contribution in [0.2, 0.25) is 0 Å². The summed E-state index contributed by atoms with van der Waals surface area (Å²) in [6.45, 7) is 11.7. The third-order valence-electron chi connectivity index (χ3n) is 4.78. The highest BCUT2D eigenvalue weighted by Gasteiger charge is 2.27. The number of esters is 1. The van der Waals surface area contributed by atoms with E-state index in [1.54, 1.807) is 39.2 Å². The van der Waals surface area contributed by atoms with Crippen molar-refractivity contribution >= 4 is 23.5 Å². The van der Waals surface area contributed by atoms with Crippen molar-refractivity contribution < 1.29 is 14.3 Å². The highest BCUT2D eigenvalue weighted by molar-refractivity contribution is 8.00. The molecule has 1 atom stereocenters. The lowest BCUT2D eigenvalue weighted by atomic mass is 10.1. The Kier molecular flexibility index (Phi) is 7.06. The fourth-order valence-corrected chi connectivity index (χ4v) is 4.22. The maximum absolute atomic E-state index is 13.2. The van der Waals surface area contributed by atoms with E-state index in [2.05, 4.69) is 26.7 Å². The SMILES string of the molecule is C=CCn1c(SC(C)C(=O)c2[nH]c(C)c(C(=O)OCC)c2C)nnc1-c1ccncc1. The third-order valence-corrected chi connectivity index (χ3v) is 5.86. The van der Waals surface area contributed by atoms with Crippen molar-refractivity contribution in [1.82, 2.24) is 24.7 Å². The maximum atomic E-state index is 13.2. The largest absolute Gasteiger partial charge is 0.462 e. The third kappa shape index (κ3) is 4.61. The van der Waals surface area contributed by atoms with Crippen LogP contribution in [-0.2, 0) is 11.3 Å². The molecule has 0 radical (unpaired) electrons. The molecule has 0 spiro atoms. The van der Waals surface area contributed by atoms with Gasteiger partial charge in [0.2, 0.25) is 0 Å². The minimum Gasteiger partial charge on any atom is -0.462 e. The molecular weight excluding hydrogens is 414 g/mol. The number of thioether (sulfide) groups is 1. The van der Waals surface area contributed by atoms with E-state index in [-0.39, 0.29) is 12.4 Å². The van der Waals surface area contributed by atoms with Gasteiger partial charge in [-0.3, -0.25) is 14.3 Å². The number of ether oxygens (including phenoxy) is 1. The van der Waals surface area contributed by atoms with Crippen molar-refractivity contribution in [3.63, 3.8) is 0 Å². The summed E-state index contributed by atoms with van der Waals surface area (Å²) >= 11 is 1.31. The number of aromatic nitrogens is 5. The number of pyridine rings is 1. The molecule has 1 N–H and O–H groups in total. The smallest absolute Gasteiger partial charge is 0.340 e. The number of aromatic amines is 1. The molecule has 0 aliphatic carbocycles. The van der Waals surface area contributed by atoms with Crippen molar-refractivity contribution in [3.8, 4) is 11.4 Å². The van der Waals surface area contributed by atoms with Crippen LogP contribution < -0.4 is 0 Å². The predicted octanol–water partition coefficient (Wildman–Crippen LogP) is 4.01. The van der Waals surface area contributed by atoms with Gasteiger partial charge in [-0.05, 0) is 45.4 Å². The first-order valence-electron chi connectivity index (χ1n) is 9.90. The van der Waals surface area contributed by atoms with Crippen LogP contribution in [0.4, 0.5) is 0 Å². The number of ketones is 1. The molecule has 3 heterocycles. The summed E-state index contributed by atoms with van der Waals surface area (Å²) in [5.74, 6) is 0.126. The summed E-state index contributed by atoms with van der Waals surface area (Å²) in [5.41, 5.74) is 2.91. The van der Waals surface area contributed by atoms with Crippen LogP contribution in [0.1, 0.15) is 46.0 Å². The van der Waals surface area contributed by atoms with Gasteiger partial charge in [0, 0.05) is 30.2 Å². The molecular formula is C22H25N5O3S. The lowest BCUT2D eigenvalue weighted by Crippen LogP contribution is -2.16. The predicted molar refractivity (Wildman–Crippen MR) is 119 cm³/mol. The molecule has 0 aliphatic heterocycles. The first-order valence-corrected chi connectivity index (χ1v) is 10.8. The fourth-order valence-electron chi connectivity index (χ4n) is 3.30. The molecule has 3 aromatic rings. The molecule has 0 fully saturated rings. The molecule has 0 saturated heterocycles. The average Bonchev–Trinajstić information content (AvgIpc) is 3.28. The van der Waals surface area contributed by atoms with Crippen molar-refractivity contribution in [2.24, 2.45) is 0 Å². The minimum absolute atomic E-state index is 0.125. The topological polar surface area (TPSA) is 103 Å². The molecule has 0 bridgehead atoms. The van der Waals surface area contributed by atoms with Gasteiger partial charge in [-0.25, -0.2) is 4.79 Å². The average molecular weight is 440 g/mol. The Hall–Kier alpha value is -3.20. The summed E-state index contributed by atoms with van der Waals surface area (Å²) in [4.78, 5) is 32.5. The number of hydrogen-bond donors (Lipinski definition) is 1. The number of H-pyrrole nitrogens is 1. The monoisotopic (exact) mass is 439 g/mol. The Morgan fingerprint density at radius 1 is 1.29 bits per heavy atom. The molecule has 162 valence electrons. The number of nitrogens with one attached hydrogen (secondary N) is 1. The van der Waals surface area contributed by atoms with Gasteiger partial charge in [0.1, 0.15) is 0 Å². The van der Waals surface area contributed by atoms with E-state index in [9.17, 15) is 9.59 Å². The van der Waals surface area contributed by atoms with Gasteiger partial charge in [-0.2, -0.15) is 0 Å². The van der Waals surface area contributed by atoms with Crippen molar-refractivity contribution in [1.29, 1.82) is 0 Å². The van der Waals surface area contributed by atoms with Gasteiger partial charge >= 0.3 is 5.97 Å². The number of Topliss-reactive ketones (excluding diaryl/α,β-unsaturated/α-hetero) is 1. The lowest BCUT2D eigenvalue weighted by molar-refractivity contribution is 0.0525. The normalized spacial score (nSPS) is 11.9. The highest BCUT2D eigenvalue weighted by atomic mass is 32.2. The van der Waals surface area contributed by atoms with Gasteiger partial charge in [0.15, 0.2) is 16.8 Å². The van der Waals surface area contributed by atoms with Crippen LogP contribution in [0.15, 0.2) is 42.3 Å². The molecule has 1 unspecified atom stereocenters. The molecule has 3 rings (SSSR count). The number of carbonyl (C=O) groups is 2. The van der Waals surface area contributed by atoms with E-state index in [4.69, 9.17) is 4.74 Å². The van der Waals surface area contributed by atoms with Crippen molar-refractivity contribution in [2.45, 2.75) is 44.6 Å². The Morgan fingerprint density at radius 3 is 2.65 bits per heavy atom. The Bertz CT molecular complexity index is 1100. The Labute approximate surface area is 185 Å². The van der Waals surface area contributed by atoms with Crippen LogP contribution in [0, 0.1) is 13.8 Å². The second kappa shape index (κ2) is 9.74. The van der Waals surface area contributed by atoms with Gasteiger partial charge in [-0.1, -0.05) is 17.8 Å². The molecule has 9 heteroatoms. The molecule has 3 aromatic heterocycles. The molecule has 0 aromatic carbocycles. The van der Waals surface area contributed by atoms with E-state index in [1.807, 2.05) is 23.6 Å². The lowest BCUT2D eigenvalue weighted by Gasteiger charge is -2.12. The fraction of sp³-hybridized carbons (Fsp3) is 0.318. The maximum Gasteiger partial charge on any atom is 0.340 e. The highest BCUT2D eigenvalue weighted by Crippen LogP contribution is 2.29. The summed E-state index contributed by atoms with van der Waals surface area (Å²) < 4.78 is 7.03. The van der Waals surface area contributed by atoms with Gasteiger partial charge < -0.3 is 9.72 Å². The zero-order valence-corrected chi connectivity index (χ0v) is 18.8. The van der Waals surface area contributed by atoms with Crippen LogP contribution >= 0.6 is 11.8 Å². The number of nitrogens with zero attached hydrogens (tertiary/aromatic N) is 4. The first kappa shape index (κ1) is 22.5. The standard InChI is InChI=1S/C22H25N5O3S/c1-6-12-27-20(16-8-10-23-11-9-16)25-26-22(27)31-15(5)19(28)18-13(3)17(14(4)24-18)21(29)30-7-2/h6,8-11,15,24H,1,7,12H2,2-5H3.